The summed E-state index contributed by atoms with van der Waals surface area (Å²) >= 11 is 12.1. The first-order chi connectivity index (χ1) is 9.19. The summed E-state index contributed by atoms with van der Waals surface area (Å²) < 4.78 is 0. The molecule has 1 aromatic rings. The maximum absolute atomic E-state index is 6.16. The van der Waals surface area contributed by atoms with E-state index in [1.807, 2.05) is 13.1 Å². The van der Waals surface area contributed by atoms with E-state index in [2.05, 4.69) is 15.2 Å². The van der Waals surface area contributed by atoms with Crippen molar-refractivity contribution in [3.05, 3.63) is 28.0 Å². The number of aromatic nitrogens is 1. The Bertz CT molecular complexity index is 404. The number of hydrogen-bond acceptors (Lipinski definition) is 3. The third-order valence-electron chi connectivity index (χ3n) is 3.77. The van der Waals surface area contributed by atoms with E-state index in [4.69, 9.17) is 23.2 Å². The minimum absolute atomic E-state index is 0.517. The first kappa shape index (κ1) is 15.0. The molecule has 2 heterocycles. The number of piperidine rings is 1. The van der Waals surface area contributed by atoms with Crippen molar-refractivity contribution in [3.63, 3.8) is 0 Å². The van der Waals surface area contributed by atoms with Crippen molar-refractivity contribution in [2.45, 2.75) is 25.8 Å². The summed E-state index contributed by atoms with van der Waals surface area (Å²) in [6.45, 7) is 4.17. The lowest BCUT2D eigenvalue weighted by Gasteiger charge is -2.31. The zero-order chi connectivity index (χ0) is 13.7. The maximum atomic E-state index is 6.16. The molecule has 0 spiro atoms. The number of likely N-dealkylation sites (tertiary alicyclic amines) is 1. The first-order valence-corrected chi connectivity index (χ1v) is 7.62. The molecule has 0 amide bonds. The van der Waals surface area contributed by atoms with Gasteiger partial charge in [-0.05, 0) is 64.0 Å². The second-order valence-corrected chi connectivity index (χ2v) is 5.97. The van der Waals surface area contributed by atoms with Crippen LogP contribution in [-0.2, 0) is 6.54 Å². The third kappa shape index (κ3) is 4.60. The Labute approximate surface area is 125 Å². The molecule has 0 atom stereocenters. The van der Waals surface area contributed by atoms with Gasteiger partial charge in [0.15, 0.2) is 0 Å². The van der Waals surface area contributed by atoms with E-state index >= 15 is 0 Å². The topological polar surface area (TPSA) is 28.2 Å². The number of nitrogens with one attached hydrogen (secondary N) is 1. The van der Waals surface area contributed by atoms with E-state index < -0.39 is 0 Å². The molecule has 0 bridgehead atoms. The highest BCUT2D eigenvalue weighted by Gasteiger charge is 2.19. The predicted octanol–water partition coefficient (Wildman–Crippen LogP) is 3.21. The summed E-state index contributed by atoms with van der Waals surface area (Å²) in [5.74, 6) is 0.853. The van der Waals surface area contributed by atoms with E-state index in [-0.39, 0.29) is 0 Å². The summed E-state index contributed by atoms with van der Waals surface area (Å²) in [5.41, 5.74) is 0.892. The van der Waals surface area contributed by atoms with Crippen LogP contribution in [0.1, 0.15) is 25.0 Å². The molecule has 1 saturated heterocycles. The van der Waals surface area contributed by atoms with E-state index in [1.165, 1.54) is 19.3 Å². The van der Waals surface area contributed by atoms with Gasteiger partial charge in [-0.25, -0.2) is 4.98 Å². The minimum atomic E-state index is 0.517. The number of pyridine rings is 1. The summed E-state index contributed by atoms with van der Waals surface area (Å²) in [6, 6.07) is 3.56. The molecule has 0 radical (unpaired) electrons. The summed E-state index contributed by atoms with van der Waals surface area (Å²) in [4.78, 5) is 6.73. The minimum Gasteiger partial charge on any atom is -0.320 e. The van der Waals surface area contributed by atoms with Crippen molar-refractivity contribution in [1.82, 2.24) is 15.2 Å². The molecule has 1 aliphatic rings. The van der Waals surface area contributed by atoms with Crippen molar-refractivity contribution in [2.75, 3.05) is 26.7 Å². The van der Waals surface area contributed by atoms with Crippen molar-refractivity contribution < 1.29 is 0 Å². The maximum Gasteiger partial charge on any atom is 0.129 e. The van der Waals surface area contributed by atoms with Crippen LogP contribution in [-0.4, -0.2) is 36.6 Å². The van der Waals surface area contributed by atoms with E-state index in [0.29, 0.717) is 10.2 Å². The summed E-state index contributed by atoms with van der Waals surface area (Å²) in [5, 5.41) is 4.45. The Morgan fingerprint density at radius 2 is 2.05 bits per heavy atom. The second-order valence-electron chi connectivity index (χ2n) is 5.17. The Hall–Kier alpha value is -0.350. The van der Waals surface area contributed by atoms with Crippen LogP contribution in [0.25, 0.3) is 0 Å². The summed E-state index contributed by atoms with van der Waals surface area (Å²) in [7, 11) is 2.02. The van der Waals surface area contributed by atoms with Crippen molar-refractivity contribution in [1.29, 1.82) is 0 Å². The van der Waals surface area contributed by atoms with Gasteiger partial charge in [0.05, 0.1) is 10.7 Å². The largest absolute Gasteiger partial charge is 0.320 e. The lowest BCUT2D eigenvalue weighted by molar-refractivity contribution is 0.171. The van der Waals surface area contributed by atoms with Gasteiger partial charge in [-0.15, -0.1) is 0 Å². The normalized spacial score (nSPS) is 17.8. The van der Waals surface area contributed by atoms with Crippen LogP contribution in [0, 0.1) is 5.92 Å². The zero-order valence-electron chi connectivity index (χ0n) is 11.3. The van der Waals surface area contributed by atoms with Crippen molar-refractivity contribution in [2.24, 2.45) is 5.92 Å². The van der Waals surface area contributed by atoms with Gasteiger partial charge < -0.3 is 5.32 Å². The smallest absolute Gasteiger partial charge is 0.129 e. The molecule has 3 nitrogen and oxygen atoms in total. The molecule has 0 unspecified atom stereocenters. The molecule has 1 aliphatic heterocycles. The SMILES string of the molecule is CNCCC1CCN(Cc2nc(Cl)ccc2Cl)CC1. The molecular formula is C14H21Cl2N3. The predicted molar refractivity (Wildman–Crippen MR) is 80.8 cm³/mol. The summed E-state index contributed by atoms with van der Waals surface area (Å²) in [6.07, 6.45) is 3.81. The standard InChI is InChI=1S/C14H21Cl2N3/c1-17-7-4-11-5-8-19(9-6-11)10-13-12(15)2-3-14(16)18-13/h2-3,11,17H,4-10H2,1H3. The van der Waals surface area contributed by atoms with Gasteiger partial charge in [0.1, 0.15) is 5.15 Å². The van der Waals surface area contributed by atoms with Crippen LogP contribution < -0.4 is 5.32 Å². The highest BCUT2D eigenvalue weighted by Crippen LogP contribution is 2.23. The molecule has 1 N–H and O–H groups in total. The van der Waals surface area contributed by atoms with Gasteiger partial charge in [0, 0.05) is 6.54 Å². The van der Waals surface area contributed by atoms with Crippen LogP contribution in [0.4, 0.5) is 0 Å². The molecule has 0 aliphatic carbocycles. The van der Waals surface area contributed by atoms with Gasteiger partial charge in [0.2, 0.25) is 0 Å². The molecule has 1 aromatic heterocycles. The molecule has 2 rings (SSSR count). The van der Waals surface area contributed by atoms with E-state index in [0.717, 1.165) is 37.8 Å². The molecule has 0 aromatic carbocycles. The van der Waals surface area contributed by atoms with Gasteiger partial charge in [-0.3, -0.25) is 4.90 Å². The lowest BCUT2D eigenvalue weighted by Crippen LogP contribution is -2.34. The molecule has 0 saturated carbocycles. The fourth-order valence-electron chi connectivity index (χ4n) is 2.56. The number of halogens is 2. The molecule has 106 valence electrons. The monoisotopic (exact) mass is 301 g/mol. The van der Waals surface area contributed by atoms with Gasteiger partial charge in [-0.1, -0.05) is 23.2 Å². The van der Waals surface area contributed by atoms with Crippen LogP contribution >= 0.6 is 23.2 Å². The van der Waals surface area contributed by atoms with Crippen LogP contribution in [0.15, 0.2) is 12.1 Å². The quantitative estimate of drug-likeness (QED) is 0.847. The Morgan fingerprint density at radius 1 is 1.32 bits per heavy atom. The average molecular weight is 302 g/mol. The van der Waals surface area contributed by atoms with Gasteiger partial charge in [-0.2, -0.15) is 0 Å². The fourth-order valence-corrected chi connectivity index (χ4v) is 2.89. The highest BCUT2D eigenvalue weighted by molar-refractivity contribution is 6.32. The second kappa shape index (κ2) is 7.44. The fraction of sp³-hybridized carbons (Fsp3) is 0.643. The van der Waals surface area contributed by atoms with Crippen molar-refractivity contribution in [3.8, 4) is 0 Å². The third-order valence-corrected chi connectivity index (χ3v) is 4.32. The van der Waals surface area contributed by atoms with E-state index in [9.17, 15) is 0 Å². The van der Waals surface area contributed by atoms with Crippen LogP contribution in [0.2, 0.25) is 10.2 Å². The van der Waals surface area contributed by atoms with Crippen LogP contribution in [0.5, 0.6) is 0 Å². The number of hydrogen-bond donors (Lipinski definition) is 1. The highest BCUT2D eigenvalue weighted by atomic mass is 35.5. The van der Waals surface area contributed by atoms with Crippen LogP contribution in [0.3, 0.4) is 0 Å². The average Bonchev–Trinajstić information content (AvgIpc) is 2.42. The molecular weight excluding hydrogens is 281 g/mol. The Balaban J connectivity index is 1.83. The van der Waals surface area contributed by atoms with E-state index in [1.54, 1.807) is 6.07 Å². The molecule has 5 heteroatoms. The van der Waals surface area contributed by atoms with Gasteiger partial charge in [0.25, 0.3) is 0 Å². The number of nitrogens with zero attached hydrogens (tertiary/aromatic N) is 2. The Morgan fingerprint density at radius 3 is 2.74 bits per heavy atom. The molecule has 1 fully saturated rings. The number of rotatable bonds is 5. The first-order valence-electron chi connectivity index (χ1n) is 6.87. The van der Waals surface area contributed by atoms with Crippen molar-refractivity contribution >= 4 is 23.2 Å². The lowest BCUT2D eigenvalue weighted by atomic mass is 9.93. The Kier molecular flexibility index (Phi) is 5.89. The molecule has 19 heavy (non-hydrogen) atoms. The zero-order valence-corrected chi connectivity index (χ0v) is 12.8. The van der Waals surface area contributed by atoms with Gasteiger partial charge >= 0.3 is 0 Å².